The van der Waals surface area contributed by atoms with Crippen LogP contribution >= 0.6 is 23.2 Å². The van der Waals surface area contributed by atoms with E-state index in [0.29, 0.717) is 29.1 Å². The molecule has 2 fully saturated rings. The highest BCUT2D eigenvalue weighted by molar-refractivity contribution is 6.31. The molecule has 2 aromatic rings. The number of hydrogen-bond donors (Lipinski definition) is 1. The minimum Gasteiger partial charge on any atom is -0.352 e. The molecule has 2 amide bonds. The third kappa shape index (κ3) is 5.37. The number of amides is 2. The van der Waals surface area contributed by atoms with Crippen molar-refractivity contribution in [2.45, 2.75) is 18.9 Å². The summed E-state index contributed by atoms with van der Waals surface area (Å²) in [4.78, 5) is 29.1. The van der Waals surface area contributed by atoms with Gasteiger partial charge in [-0.05, 0) is 68.2 Å². The predicted octanol–water partition coefficient (Wildman–Crippen LogP) is 4.10. The third-order valence-corrected chi connectivity index (χ3v) is 6.52. The predicted molar refractivity (Wildman–Crippen MR) is 119 cm³/mol. The Kier molecular flexibility index (Phi) is 6.80. The Hall–Kier alpha value is -2.15. The van der Waals surface area contributed by atoms with Gasteiger partial charge in [0, 0.05) is 46.8 Å². The first-order valence-electron chi connectivity index (χ1n) is 10.4. The molecule has 5 nitrogen and oxygen atoms in total. The van der Waals surface area contributed by atoms with Crippen molar-refractivity contribution >= 4 is 35.0 Å². The largest absolute Gasteiger partial charge is 0.352 e. The molecule has 0 spiro atoms. The molecule has 0 aromatic heterocycles. The fourth-order valence-corrected chi connectivity index (χ4v) is 4.61. The number of hydrogen-bond acceptors (Lipinski definition) is 3. The van der Waals surface area contributed by atoms with Gasteiger partial charge < -0.3 is 10.2 Å². The molecule has 164 valence electrons. The van der Waals surface area contributed by atoms with Crippen LogP contribution < -0.4 is 5.32 Å². The Balaban J connectivity index is 1.19. The second kappa shape index (κ2) is 9.55. The zero-order chi connectivity index (χ0) is 22.0. The van der Waals surface area contributed by atoms with Crippen LogP contribution in [0.4, 0.5) is 4.39 Å². The highest BCUT2D eigenvalue weighted by Crippen LogP contribution is 2.25. The Morgan fingerprint density at radius 2 is 1.71 bits per heavy atom. The molecule has 1 N–H and O–H groups in total. The van der Waals surface area contributed by atoms with Crippen molar-refractivity contribution in [3.05, 3.63) is 69.5 Å². The van der Waals surface area contributed by atoms with Crippen LogP contribution in [0.5, 0.6) is 0 Å². The highest BCUT2D eigenvalue weighted by Gasteiger charge is 2.36. The Morgan fingerprint density at radius 1 is 1.00 bits per heavy atom. The van der Waals surface area contributed by atoms with Crippen LogP contribution in [0.1, 0.15) is 33.6 Å². The number of piperidine rings is 1. The molecule has 2 aromatic carbocycles. The summed E-state index contributed by atoms with van der Waals surface area (Å²) < 4.78 is 13.4. The van der Waals surface area contributed by atoms with E-state index in [0.717, 1.165) is 39.0 Å². The molecular formula is C23H24Cl2FN3O2. The van der Waals surface area contributed by atoms with Crippen molar-refractivity contribution in [3.63, 3.8) is 0 Å². The first-order valence-corrected chi connectivity index (χ1v) is 11.2. The van der Waals surface area contributed by atoms with E-state index < -0.39 is 5.82 Å². The SMILES string of the molecule is O=C(NCC1CCN(C2CN(C(=O)c3cccc(Cl)c3)C2)CC1)c1cc(F)cc(Cl)c1. The lowest BCUT2D eigenvalue weighted by Crippen LogP contribution is -2.62. The van der Waals surface area contributed by atoms with Crippen molar-refractivity contribution in [2.24, 2.45) is 5.92 Å². The number of likely N-dealkylation sites (tertiary alicyclic amines) is 2. The summed E-state index contributed by atoms with van der Waals surface area (Å²) in [5.41, 5.74) is 0.862. The Bertz CT molecular complexity index is 953. The quantitative estimate of drug-likeness (QED) is 0.725. The van der Waals surface area contributed by atoms with Crippen LogP contribution in [0.15, 0.2) is 42.5 Å². The number of carbonyl (C=O) groups is 2. The topological polar surface area (TPSA) is 52.7 Å². The summed E-state index contributed by atoms with van der Waals surface area (Å²) in [6, 6.07) is 11.3. The first-order chi connectivity index (χ1) is 14.9. The fraction of sp³-hybridized carbons (Fsp3) is 0.391. The van der Waals surface area contributed by atoms with Gasteiger partial charge in [-0.3, -0.25) is 14.5 Å². The molecule has 0 saturated carbocycles. The fourth-order valence-electron chi connectivity index (χ4n) is 4.20. The average molecular weight is 464 g/mol. The van der Waals surface area contributed by atoms with Crippen molar-refractivity contribution in [1.82, 2.24) is 15.1 Å². The lowest BCUT2D eigenvalue weighted by molar-refractivity contribution is 0.0146. The van der Waals surface area contributed by atoms with E-state index in [1.54, 1.807) is 24.3 Å². The van der Waals surface area contributed by atoms with Gasteiger partial charge in [0.05, 0.1) is 0 Å². The molecular weight excluding hydrogens is 440 g/mol. The maximum absolute atomic E-state index is 13.4. The summed E-state index contributed by atoms with van der Waals surface area (Å²) in [5.74, 6) is -0.422. The van der Waals surface area contributed by atoms with E-state index in [1.807, 2.05) is 4.90 Å². The minimum atomic E-state index is -0.519. The number of halogens is 3. The maximum atomic E-state index is 13.4. The molecule has 2 aliphatic heterocycles. The van der Waals surface area contributed by atoms with Gasteiger partial charge in [-0.15, -0.1) is 0 Å². The number of rotatable bonds is 5. The molecule has 0 aliphatic carbocycles. The summed E-state index contributed by atoms with van der Waals surface area (Å²) in [7, 11) is 0. The Morgan fingerprint density at radius 3 is 2.39 bits per heavy atom. The molecule has 0 bridgehead atoms. The summed E-state index contributed by atoms with van der Waals surface area (Å²) in [6.45, 7) is 3.90. The van der Waals surface area contributed by atoms with E-state index in [4.69, 9.17) is 23.2 Å². The molecule has 2 heterocycles. The van der Waals surface area contributed by atoms with Crippen molar-refractivity contribution < 1.29 is 14.0 Å². The molecule has 31 heavy (non-hydrogen) atoms. The summed E-state index contributed by atoms with van der Waals surface area (Å²) >= 11 is 11.8. The lowest BCUT2D eigenvalue weighted by Gasteiger charge is -2.47. The van der Waals surface area contributed by atoms with E-state index in [1.165, 1.54) is 18.2 Å². The van der Waals surface area contributed by atoms with Crippen LogP contribution in [0, 0.1) is 11.7 Å². The maximum Gasteiger partial charge on any atom is 0.254 e. The van der Waals surface area contributed by atoms with E-state index in [-0.39, 0.29) is 22.4 Å². The van der Waals surface area contributed by atoms with Gasteiger partial charge in [-0.2, -0.15) is 0 Å². The van der Waals surface area contributed by atoms with Crippen LogP contribution in [0.25, 0.3) is 0 Å². The van der Waals surface area contributed by atoms with Crippen molar-refractivity contribution in [2.75, 3.05) is 32.7 Å². The molecule has 2 aliphatic rings. The monoisotopic (exact) mass is 463 g/mol. The van der Waals surface area contributed by atoms with Crippen LogP contribution in [-0.2, 0) is 0 Å². The van der Waals surface area contributed by atoms with Crippen LogP contribution in [0.3, 0.4) is 0 Å². The minimum absolute atomic E-state index is 0.0220. The number of carbonyl (C=O) groups excluding carboxylic acids is 2. The van der Waals surface area contributed by atoms with Gasteiger partial charge in [0.1, 0.15) is 5.82 Å². The molecule has 4 rings (SSSR count). The number of benzene rings is 2. The van der Waals surface area contributed by atoms with E-state index in [2.05, 4.69) is 10.2 Å². The second-order valence-electron chi connectivity index (χ2n) is 8.22. The zero-order valence-electron chi connectivity index (χ0n) is 17.0. The second-order valence-corrected chi connectivity index (χ2v) is 9.09. The smallest absolute Gasteiger partial charge is 0.254 e. The highest BCUT2D eigenvalue weighted by atomic mass is 35.5. The summed E-state index contributed by atoms with van der Waals surface area (Å²) in [5, 5.41) is 3.67. The van der Waals surface area contributed by atoms with Gasteiger partial charge >= 0.3 is 0 Å². The first kappa shape index (κ1) is 22.1. The van der Waals surface area contributed by atoms with Crippen molar-refractivity contribution in [3.8, 4) is 0 Å². The Labute approximate surface area is 191 Å². The average Bonchev–Trinajstić information content (AvgIpc) is 2.71. The molecule has 8 heteroatoms. The van der Waals surface area contributed by atoms with Crippen LogP contribution in [0.2, 0.25) is 10.0 Å². The number of nitrogens with one attached hydrogen (secondary N) is 1. The van der Waals surface area contributed by atoms with Gasteiger partial charge in [-0.25, -0.2) is 4.39 Å². The standard InChI is InChI=1S/C23H24Cl2FN3O2/c24-18-3-1-2-16(8-18)23(31)29-13-21(14-29)28-6-4-15(5-7-28)12-27-22(30)17-9-19(25)11-20(26)10-17/h1-3,8-11,15,21H,4-7,12-14H2,(H,27,30). The number of nitrogens with zero attached hydrogens (tertiary/aromatic N) is 2. The molecule has 2 saturated heterocycles. The van der Waals surface area contributed by atoms with E-state index >= 15 is 0 Å². The van der Waals surface area contributed by atoms with Crippen LogP contribution in [-0.4, -0.2) is 60.4 Å². The van der Waals surface area contributed by atoms with E-state index in [9.17, 15) is 14.0 Å². The van der Waals surface area contributed by atoms with Crippen molar-refractivity contribution in [1.29, 1.82) is 0 Å². The third-order valence-electron chi connectivity index (χ3n) is 6.06. The van der Waals surface area contributed by atoms with Gasteiger partial charge in [0.25, 0.3) is 11.8 Å². The normalized spacial score (nSPS) is 18.0. The lowest BCUT2D eigenvalue weighted by atomic mass is 9.93. The molecule has 0 radical (unpaired) electrons. The summed E-state index contributed by atoms with van der Waals surface area (Å²) in [6.07, 6.45) is 1.95. The van der Waals surface area contributed by atoms with Gasteiger partial charge in [0.2, 0.25) is 0 Å². The molecule has 0 unspecified atom stereocenters. The van der Waals surface area contributed by atoms with Gasteiger partial charge in [-0.1, -0.05) is 29.3 Å². The zero-order valence-corrected chi connectivity index (χ0v) is 18.5. The molecule has 0 atom stereocenters. The van der Waals surface area contributed by atoms with Gasteiger partial charge in [0.15, 0.2) is 0 Å².